The Kier molecular flexibility index (Phi) is 6.04. The Balaban J connectivity index is 1.89. The summed E-state index contributed by atoms with van der Waals surface area (Å²) in [7, 11) is 0. The molecule has 0 spiro atoms. The van der Waals surface area contributed by atoms with E-state index < -0.39 is 0 Å². The quantitative estimate of drug-likeness (QED) is 0.798. The van der Waals surface area contributed by atoms with E-state index in [4.69, 9.17) is 4.74 Å². The number of nitriles is 1. The Morgan fingerprint density at radius 1 is 1.40 bits per heavy atom. The highest BCUT2D eigenvalue weighted by Gasteiger charge is 2.23. The van der Waals surface area contributed by atoms with Crippen molar-refractivity contribution in [1.82, 2.24) is 4.90 Å². The van der Waals surface area contributed by atoms with Crippen LogP contribution in [0.5, 0.6) is 0 Å². The molecule has 2 rings (SSSR count). The molecule has 1 aromatic carbocycles. The van der Waals surface area contributed by atoms with Gasteiger partial charge in [-0.1, -0.05) is 37.3 Å². The lowest BCUT2D eigenvalue weighted by atomic mass is 9.98. The molecule has 0 bridgehead atoms. The summed E-state index contributed by atoms with van der Waals surface area (Å²) in [6, 6.07) is 12.5. The predicted molar refractivity (Wildman–Crippen MR) is 80.5 cm³/mol. The molecule has 108 valence electrons. The minimum Gasteiger partial charge on any atom is -0.377 e. The number of likely N-dealkylation sites (tertiary alicyclic amines) is 1. The molecule has 2 unspecified atom stereocenters. The van der Waals surface area contributed by atoms with Crippen LogP contribution in [0.1, 0.15) is 37.7 Å². The summed E-state index contributed by atoms with van der Waals surface area (Å²) < 4.78 is 5.86. The molecule has 0 aromatic heterocycles. The summed E-state index contributed by atoms with van der Waals surface area (Å²) in [4.78, 5) is 2.38. The topological polar surface area (TPSA) is 36.3 Å². The number of rotatable bonds is 6. The lowest BCUT2D eigenvalue weighted by Crippen LogP contribution is -2.41. The van der Waals surface area contributed by atoms with Gasteiger partial charge in [0.2, 0.25) is 0 Å². The number of piperidine rings is 1. The molecule has 0 N–H and O–H groups in total. The van der Waals surface area contributed by atoms with E-state index in [1.807, 2.05) is 30.3 Å². The first-order valence-electron chi connectivity index (χ1n) is 7.62. The van der Waals surface area contributed by atoms with Gasteiger partial charge in [-0.25, -0.2) is 0 Å². The van der Waals surface area contributed by atoms with Gasteiger partial charge in [-0.15, -0.1) is 0 Å². The number of ether oxygens (including phenoxy) is 1. The molecule has 1 aliphatic heterocycles. The van der Waals surface area contributed by atoms with Crippen LogP contribution in [0.25, 0.3) is 0 Å². The average molecular weight is 272 g/mol. The van der Waals surface area contributed by atoms with Crippen LogP contribution in [0.4, 0.5) is 0 Å². The highest BCUT2D eigenvalue weighted by atomic mass is 16.5. The van der Waals surface area contributed by atoms with Gasteiger partial charge in [-0.05, 0) is 31.4 Å². The molecule has 1 heterocycles. The molecule has 1 fully saturated rings. The van der Waals surface area contributed by atoms with Crippen molar-refractivity contribution in [3.05, 3.63) is 35.9 Å². The smallest absolute Gasteiger partial charge is 0.0839 e. The third kappa shape index (κ3) is 4.33. The number of hydrogen-bond acceptors (Lipinski definition) is 3. The fourth-order valence-corrected chi connectivity index (χ4v) is 2.76. The molecule has 0 radical (unpaired) electrons. The summed E-state index contributed by atoms with van der Waals surface area (Å²) >= 11 is 0. The molecule has 0 aliphatic carbocycles. The van der Waals surface area contributed by atoms with Gasteiger partial charge in [0.1, 0.15) is 0 Å². The zero-order valence-corrected chi connectivity index (χ0v) is 12.3. The summed E-state index contributed by atoms with van der Waals surface area (Å²) in [5.74, 6) is -0.0406. The van der Waals surface area contributed by atoms with Crippen LogP contribution in [-0.4, -0.2) is 37.2 Å². The van der Waals surface area contributed by atoms with Crippen molar-refractivity contribution in [2.75, 3.05) is 26.2 Å². The van der Waals surface area contributed by atoms with Crippen LogP contribution in [0.3, 0.4) is 0 Å². The van der Waals surface area contributed by atoms with Crippen LogP contribution in [0.2, 0.25) is 0 Å². The lowest BCUT2D eigenvalue weighted by molar-refractivity contribution is -0.000444. The van der Waals surface area contributed by atoms with E-state index in [9.17, 15) is 5.26 Å². The zero-order valence-electron chi connectivity index (χ0n) is 12.3. The molecule has 20 heavy (non-hydrogen) atoms. The largest absolute Gasteiger partial charge is 0.377 e. The van der Waals surface area contributed by atoms with Gasteiger partial charge in [0.15, 0.2) is 0 Å². The number of benzene rings is 1. The number of hydrogen-bond donors (Lipinski definition) is 0. The van der Waals surface area contributed by atoms with Crippen molar-refractivity contribution in [3.63, 3.8) is 0 Å². The molecule has 1 aromatic rings. The Hall–Kier alpha value is -1.37. The van der Waals surface area contributed by atoms with Crippen LogP contribution in [0.15, 0.2) is 30.3 Å². The molecular weight excluding hydrogens is 248 g/mol. The molecule has 0 saturated carbocycles. The minimum atomic E-state index is -0.0406. The van der Waals surface area contributed by atoms with Gasteiger partial charge in [-0.3, -0.25) is 4.90 Å². The van der Waals surface area contributed by atoms with E-state index in [1.165, 1.54) is 6.42 Å². The second-order valence-electron chi connectivity index (χ2n) is 5.49. The minimum absolute atomic E-state index is 0.0406. The van der Waals surface area contributed by atoms with E-state index in [-0.39, 0.29) is 5.92 Å². The second kappa shape index (κ2) is 8.04. The van der Waals surface area contributed by atoms with Crippen LogP contribution < -0.4 is 0 Å². The molecule has 1 aliphatic rings. The highest BCUT2D eigenvalue weighted by molar-refractivity contribution is 5.25. The summed E-state index contributed by atoms with van der Waals surface area (Å²) in [6.45, 7) is 5.84. The Morgan fingerprint density at radius 3 is 2.90 bits per heavy atom. The standard InChI is InChI=1S/C17H24N2O/c1-2-11-20-17-9-6-10-19(14-17)13-16(12-18)15-7-4-3-5-8-15/h3-5,7-8,16-17H,2,6,9-11,13-14H2,1H3. The van der Waals surface area contributed by atoms with Crippen molar-refractivity contribution in [3.8, 4) is 6.07 Å². The third-order valence-electron chi connectivity index (χ3n) is 3.82. The molecule has 3 nitrogen and oxygen atoms in total. The predicted octanol–water partition coefficient (Wildman–Crippen LogP) is 3.18. The van der Waals surface area contributed by atoms with Gasteiger partial charge in [0, 0.05) is 19.7 Å². The monoisotopic (exact) mass is 272 g/mol. The summed E-state index contributed by atoms with van der Waals surface area (Å²) in [5.41, 5.74) is 1.12. The lowest BCUT2D eigenvalue weighted by Gasteiger charge is -2.33. The maximum Gasteiger partial charge on any atom is 0.0839 e. The third-order valence-corrected chi connectivity index (χ3v) is 3.82. The molecular formula is C17H24N2O. The van der Waals surface area contributed by atoms with Gasteiger partial charge in [0.25, 0.3) is 0 Å². The van der Waals surface area contributed by atoms with E-state index in [2.05, 4.69) is 17.9 Å². The molecule has 2 atom stereocenters. The maximum atomic E-state index is 9.41. The van der Waals surface area contributed by atoms with Gasteiger partial charge in [-0.2, -0.15) is 5.26 Å². The van der Waals surface area contributed by atoms with Gasteiger partial charge < -0.3 is 4.74 Å². The van der Waals surface area contributed by atoms with E-state index in [0.29, 0.717) is 6.10 Å². The Morgan fingerprint density at radius 2 is 2.20 bits per heavy atom. The SMILES string of the molecule is CCCOC1CCCN(CC(C#N)c2ccccc2)C1. The fraction of sp³-hybridized carbons (Fsp3) is 0.588. The van der Waals surface area contributed by atoms with E-state index in [1.54, 1.807) is 0 Å². The summed E-state index contributed by atoms with van der Waals surface area (Å²) in [6.07, 6.45) is 3.74. The van der Waals surface area contributed by atoms with Crippen molar-refractivity contribution < 1.29 is 4.74 Å². The summed E-state index contributed by atoms with van der Waals surface area (Å²) in [5, 5.41) is 9.41. The Labute approximate surface area is 122 Å². The molecule has 0 amide bonds. The van der Waals surface area contributed by atoms with Crippen LogP contribution in [-0.2, 0) is 4.74 Å². The second-order valence-corrected chi connectivity index (χ2v) is 5.49. The molecule has 1 saturated heterocycles. The highest BCUT2D eigenvalue weighted by Crippen LogP contribution is 2.20. The Bertz CT molecular complexity index is 426. The first kappa shape index (κ1) is 15.0. The zero-order chi connectivity index (χ0) is 14.2. The first-order valence-corrected chi connectivity index (χ1v) is 7.62. The molecule has 3 heteroatoms. The van der Waals surface area contributed by atoms with Crippen LogP contribution >= 0.6 is 0 Å². The van der Waals surface area contributed by atoms with Crippen molar-refractivity contribution in [1.29, 1.82) is 5.26 Å². The normalized spacial score (nSPS) is 21.3. The first-order chi connectivity index (χ1) is 9.83. The van der Waals surface area contributed by atoms with Gasteiger partial charge >= 0.3 is 0 Å². The maximum absolute atomic E-state index is 9.41. The van der Waals surface area contributed by atoms with Crippen molar-refractivity contribution >= 4 is 0 Å². The average Bonchev–Trinajstić information content (AvgIpc) is 2.52. The van der Waals surface area contributed by atoms with Crippen molar-refractivity contribution in [2.24, 2.45) is 0 Å². The van der Waals surface area contributed by atoms with Gasteiger partial charge in [0.05, 0.1) is 18.1 Å². The fourth-order valence-electron chi connectivity index (χ4n) is 2.76. The van der Waals surface area contributed by atoms with Crippen LogP contribution in [0, 0.1) is 11.3 Å². The van der Waals surface area contributed by atoms with Crippen molar-refractivity contribution in [2.45, 2.75) is 38.2 Å². The van der Waals surface area contributed by atoms with E-state index >= 15 is 0 Å². The van der Waals surface area contributed by atoms with E-state index in [0.717, 1.165) is 44.6 Å². The number of nitrogens with zero attached hydrogens (tertiary/aromatic N) is 2.